The number of ketones is 1. The van der Waals surface area contributed by atoms with E-state index in [0.717, 1.165) is 25.0 Å². The van der Waals surface area contributed by atoms with Gasteiger partial charge in [-0.3, -0.25) is 14.4 Å². The van der Waals surface area contributed by atoms with Crippen LogP contribution in [0.1, 0.15) is 78.1 Å². The average Bonchev–Trinajstić information content (AvgIpc) is 3.48. The van der Waals surface area contributed by atoms with Gasteiger partial charge in [0.2, 0.25) is 11.9 Å². The van der Waals surface area contributed by atoms with Crippen molar-refractivity contribution in [1.29, 1.82) is 0 Å². The Labute approximate surface area is 186 Å². The van der Waals surface area contributed by atoms with Gasteiger partial charge in [-0.25, -0.2) is 4.98 Å². The van der Waals surface area contributed by atoms with Crippen LogP contribution in [-0.4, -0.2) is 33.6 Å². The Morgan fingerprint density at radius 1 is 1.28 bits per heavy atom. The van der Waals surface area contributed by atoms with Crippen LogP contribution < -0.4 is 10.6 Å². The number of fused-ring (bicyclic) bond motifs is 1. The topological polar surface area (TPSA) is 104 Å². The Morgan fingerprint density at radius 3 is 2.69 bits per heavy atom. The van der Waals surface area contributed by atoms with Crippen molar-refractivity contribution in [3.63, 3.8) is 0 Å². The number of hydrogen-bond donors (Lipinski definition) is 3. The van der Waals surface area contributed by atoms with E-state index in [1.165, 1.54) is 18.3 Å². The lowest BCUT2D eigenvalue weighted by atomic mass is 9.75. The Bertz CT molecular complexity index is 1050. The number of halogens is 1. The van der Waals surface area contributed by atoms with Crippen molar-refractivity contribution >= 4 is 23.3 Å². The van der Waals surface area contributed by atoms with Crippen LogP contribution in [0.4, 0.5) is 10.1 Å². The number of Topliss-reactive ketones (excluding diaryl/α,β-unsaturated/α-hetero) is 1. The van der Waals surface area contributed by atoms with Crippen LogP contribution in [0.2, 0.25) is 0 Å². The first-order valence-corrected chi connectivity index (χ1v) is 11.1. The summed E-state index contributed by atoms with van der Waals surface area (Å²) < 4.78 is 13.1. The molecule has 0 saturated heterocycles. The lowest BCUT2D eigenvalue weighted by Gasteiger charge is -2.28. The van der Waals surface area contributed by atoms with E-state index in [2.05, 4.69) is 20.6 Å². The Hall–Kier alpha value is -3.03. The van der Waals surface area contributed by atoms with Crippen molar-refractivity contribution in [2.75, 3.05) is 5.32 Å². The predicted octanol–water partition coefficient (Wildman–Crippen LogP) is 3.94. The van der Waals surface area contributed by atoms with Crippen LogP contribution in [0.3, 0.4) is 0 Å². The quantitative estimate of drug-likeness (QED) is 0.567. The van der Waals surface area contributed by atoms with Crippen molar-refractivity contribution in [3.8, 4) is 0 Å². The summed E-state index contributed by atoms with van der Waals surface area (Å²) in [6, 6.07) is 1.84. The first kappa shape index (κ1) is 22.2. The molecule has 8 heteroatoms. The molecule has 0 bridgehead atoms. The molecule has 4 rings (SSSR count). The highest BCUT2D eigenvalue weighted by molar-refractivity contribution is 6.06. The molecule has 170 valence electrons. The van der Waals surface area contributed by atoms with Crippen molar-refractivity contribution in [2.24, 2.45) is 11.3 Å². The molecule has 0 aromatic carbocycles. The third-order valence-electron chi connectivity index (χ3n) is 6.31. The van der Waals surface area contributed by atoms with E-state index in [9.17, 15) is 18.8 Å². The maximum absolute atomic E-state index is 13.1. The van der Waals surface area contributed by atoms with Gasteiger partial charge in [-0.2, -0.15) is 4.39 Å². The van der Waals surface area contributed by atoms with Gasteiger partial charge in [-0.1, -0.05) is 26.7 Å². The zero-order chi connectivity index (χ0) is 23.0. The summed E-state index contributed by atoms with van der Waals surface area (Å²) in [4.78, 5) is 45.4. The maximum Gasteiger partial charge on any atom is 0.268 e. The van der Waals surface area contributed by atoms with Gasteiger partial charge < -0.3 is 15.6 Å². The highest BCUT2D eigenvalue weighted by atomic mass is 19.1. The smallest absolute Gasteiger partial charge is 0.268 e. The van der Waals surface area contributed by atoms with Gasteiger partial charge >= 0.3 is 0 Å². The predicted molar refractivity (Wildman–Crippen MR) is 118 cm³/mol. The van der Waals surface area contributed by atoms with Gasteiger partial charge in [0.15, 0.2) is 5.78 Å². The molecule has 1 saturated carbocycles. The summed E-state index contributed by atoms with van der Waals surface area (Å²) in [6.45, 7) is 5.84. The molecular weight excluding hydrogens is 411 g/mol. The Kier molecular flexibility index (Phi) is 5.88. The van der Waals surface area contributed by atoms with Gasteiger partial charge in [0.1, 0.15) is 11.7 Å². The Balaban J connectivity index is 1.51. The molecule has 0 radical (unpaired) electrons. The zero-order valence-corrected chi connectivity index (χ0v) is 18.7. The number of carbonyl (C=O) groups is 3. The zero-order valence-electron chi connectivity index (χ0n) is 18.7. The van der Waals surface area contributed by atoms with E-state index >= 15 is 0 Å². The van der Waals surface area contributed by atoms with Crippen LogP contribution in [0.15, 0.2) is 18.3 Å². The number of anilines is 1. The number of nitrogens with one attached hydrogen (secondary N) is 3. The van der Waals surface area contributed by atoms with Gasteiger partial charge in [0, 0.05) is 17.7 Å². The number of nitrogens with zero attached hydrogens (tertiary/aromatic N) is 1. The number of rotatable bonds is 7. The summed E-state index contributed by atoms with van der Waals surface area (Å²) in [6.07, 6.45) is 6.00. The fraction of sp³-hybridized carbons (Fsp3) is 0.500. The second-order valence-electron chi connectivity index (χ2n) is 9.83. The molecular formula is C24H29FN4O3. The minimum Gasteiger partial charge on any atom is -0.354 e. The average molecular weight is 441 g/mol. The van der Waals surface area contributed by atoms with Gasteiger partial charge in [-0.15, -0.1) is 0 Å². The minimum absolute atomic E-state index is 0.0379. The van der Waals surface area contributed by atoms with Crippen LogP contribution in [0.5, 0.6) is 0 Å². The second kappa shape index (κ2) is 8.48. The number of pyridine rings is 1. The van der Waals surface area contributed by atoms with Gasteiger partial charge in [0.05, 0.1) is 11.9 Å². The SMILES string of the molecule is Cc1c(C(=O)NC(CCC2CC2)C(=O)Nc2ccc(F)nc2)[nH]c2c1C(=O)CC(C)(C)C2. The number of aromatic amines is 1. The fourth-order valence-electron chi connectivity index (χ4n) is 4.45. The van der Waals surface area contributed by atoms with Crippen LogP contribution in [0.25, 0.3) is 0 Å². The molecule has 0 spiro atoms. The molecule has 1 atom stereocenters. The van der Waals surface area contributed by atoms with Crippen LogP contribution in [-0.2, 0) is 11.2 Å². The van der Waals surface area contributed by atoms with E-state index in [1.807, 2.05) is 13.8 Å². The molecule has 32 heavy (non-hydrogen) atoms. The van der Waals surface area contributed by atoms with Crippen molar-refractivity contribution < 1.29 is 18.8 Å². The Morgan fingerprint density at radius 2 is 2.03 bits per heavy atom. The summed E-state index contributed by atoms with van der Waals surface area (Å²) >= 11 is 0. The molecule has 7 nitrogen and oxygen atoms in total. The molecule has 2 aromatic heterocycles. The monoisotopic (exact) mass is 440 g/mol. The van der Waals surface area contributed by atoms with Crippen LogP contribution in [0, 0.1) is 24.2 Å². The van der Waals surface area contributed by atoms with Crippen molar-refractivity contribution in [3.05, 3.63) is 46.8 Å². The van der Waals surface area contributed by atoms with E-state index in [1.54, 1.807) is 6.92 Å². The number of H-pyrrole nitrogens is 1. The number of amides is 2. The fourth-order valence-corrected chi connectivity index (χ4v) is 4.45. The first-order valence-electron chi connectivity index (χ1n) is 11.1. The first-order chi connectivity index (χ1) is 15.1. The summed E-state index contributed by atoms with van der Waals surface area (Å²) in [5.74, 6) is -0.787. The molecule has 1 unspecified atom stereocenters. The van der Waals surface area contributed by atoms with Gasteiger partial charge in [-0.05, 0) is 55.2 Å². The van der Waals surface area contributed by atoms with Crippen LogP contribution >= 0.6 is 0 Å². The normalized spacial score (nSPS) is 18.1. The molecule has 2 aliphatic carbocycles. The van der Waals surface area contributed by atoms with E-state index in [0.29, 0.717) is 47.7 Å². The van der Waals surface area contributed by atoms with E-state index in [4.69, 9.17) is 0 Å². The third kappa shape index (κ3) is 4.89. The largest absolute Gasteiger partial charge is 0.354 e. The molecule has 1 fully saturated rings. The molecule has 3 N–H and O–H groups in total. The highest BCUT2D eigenvalue weighted by Gasteiger charge is 2.36. The van der Waals surface area contributed by atoms with E-state index in [-0.39, 0.29) is 17.1 Å². The molecule has 2 aliphatic rings. The molecule has 2 aromatic rings. The minimum atomic E-state index is -0.750. The van der Waals surface area contributed by atoms with Gasteiger partial charge in [0.25, 0.3) is 5.91 Å². The molecule has 2 amide bonds. The molecule has 0 aliphatic heterocycles. The maximum atomic E-state index is 13.1. The van der Waals surface area contributed by atoms with E-state index < -0.39 is 17.9 Å². The third-order valence-corrected chi connectivity index (χ3v) is 6.31. The summed E-state index contributed by atoms with van der Waals surface area (Å²) in [5, 5.41) is 5.55. The van der Waals surface area contributed by atoms with Crippen molar-refractivity contribution in [2.45, 2.75) is 65.3 Å². The number of carbonyl (C=O) groups excluding carboxylic acids is 3. The number of aromatic nitrogens is 2. The lowest BCUT2D eigenvalue weighted by molar-refractivity contribution is -0.118. The number of hydrogen-bond acceptors (Lipinski definition) is 4. The second-order valence-corrected chi connectivity index (χ2v) is 9.83. The highest BCUT2D eigenvalue weighted by Crippen LogP contribution is 2.37. The molecule has 2 heterocycles. The summed E-state index contributed by atoms with van der Waals surface area (Å²) in [5.41, 5.74) is 2.54. The summed E-state index contributed by atoms with van der Waals surface area (Å²) in [7, 11) is 0. The lowest BCUT2D eigenvalue weighted by Crippen LogP contribution is -2.44. The standard InChI is InChI=1S/C24H29FN4O3/c1-13-20-17(10-24(2,3)11-18(20)30)28-21(13)23(32)29-16(8-6-14-4-5-14)22(31)27-15-7-9-19(25)26-12-15/h7,9,12,14,16,28H,4-6,8,10-11H2,1-3H3,(H,27,31)(H,29,32). The van der Waals surface area contributed by atoms with Crippen molar-refractivity contribution in [1.82, 2.24) is 15.3 Å².